The van der Waals surface area contributed by atoms with Gasteiger partial charge in [-0.25, -0.2) is 0 Å². The summed E-state index contributed by atoms with van der Waals surface area (Å²) in [5.41, 5.74) is 1.06. The van der Waals surface area contributed by atoms with Crippen LogP contribution in [0.15, 0.2) is 41.4 Å². The number of rotatable bonds is 8. The molecule has 0 atom stereocenters. The highest BCUT2D eigenvalue weighted by Gasteiger charge is 2.11. The number of guanidine groups is 1. The Balaban J connectivity index is 1.72. The SMILES string of the molecule is CCNC(=NCCOCc1ccccc1OC)NC1CC=CC1. The van der Waals surface area contributed by atoms with Gasteiger partial charge in [-0.05, 0) is 25.8 Å². The van der Waals surface area contributed by atoms with Gasteiger partial charge < -0.3 is 20.1 Å². The highest BCUT2D eigenvalue weighted by atomic mass is 16.5. The number of aliphatic imine (C=N–C) groups is 1. The Morgan fingerprint density at radius 3 is 2.78 bits per heavy atom. The predicted molar refractivity (Wildman–Crippen MR) is 93.9 cm³/mol. The van der Waals surface area contributed by atoms with Crippen LogP contribution in [-0.2, 0) is 11.3 Å². The van der Waals surface area contributed by atoms with E-state index in [0.717, 1.165) is 36.7 Å². The molecule has 0 unspecified atom stereocenters. The summed E-state index contributed by atoms with van der Waals surface area (Å²) in [5, 5.41) is 6.72. The van der Waals surface area contributed by atoms with Crippen molar-refractivity contribution in [1.82, 2.24) is 10.6 Å². The summed E-state index contributed by atoms with van der Waals surface area (Å²) in [5.74, 6) is 1.72. The van der Waals surface area contributed by atoms with Crippen LogP contribution in [0.4, 0.5) is 0 Å². The zero-order chi connectivity index (χ0) is 16.3. The number of hydrogen-bond donors (Lipinski definition) is 2. The standard InChI is InChI=1S/C18H27N3O2/c1-3-19-18(21-16-9-5-6-10-16)20-12-13-23-14-15-8-4-7-11-17(15)22-2/h4-8,11,16H,3,9-10,12-14H2,1-2H3,(H2,19,20,21). The van der Waals surface area contributed by atoms with Crippen LogP contribution < -0.4 is 15.4 Å². The minimum absolute atomic E-state index is 0.460. The van der Waals surface area contributed by atoms with Crippen LogP contribution >= 0.6 is 0 Å². The first-order chi connectivity index (χ1) is 11.3. The first-order valence-corrected chi connectivity index (χ1v) is 8.23. The van der Waals surface area contributed by atoms with Crippen molar-refractivity contribution in [3.05, 3.63) is 42.0 Å². The van der Waals surface area contributed by atoms with E-state index in [2.05, 4.69) is 34.7 Å². The molecule has 0 saturated heterocycles. The number of benzene rings is 1. The second kappa shape index (κ2) is 9.90. The lowest BCUT2D eigenvalue weighted by molar-refractivity contribution is 0.126. The summed E-state index contributed by atoms with van der Waals surface area (Å²) in [7, 11) is 1.68. The number of ether oxygens (including phenoxy) is 2. The van der Waals surface area contributed by atoms with Crippen molar-refractivity contribution in [2.75, 3.05) is 26.8 Å². The predicted octanol–water partition coefficient (Wildman–Crippen LogP) is 2.49. The average Bonchev–Trinajstić information content (AvgIpc) is 3.08. The van der Waals surface area contributed by atoms with E-state index in [1.54, 1.807) is 7.11 Å². The smallest absolute Gasteiger partial charge is 0.191 e. The molecule has 0 heterocycles. The second-order valence-electron chi connectivity index (χ2n) is 5.41. The Bertz CT molecular complexity index is 521. The highest BCUT2D eigenvalue weighted by molar-refractivity contribution is 5.80. The van der Waals surface area contributed by atoms with Crippen LogP contribution in [0.1, 0.15) is 25.3 Å². The van der Waals surface area contributed by atoms with E-state index in [4.69, 9.17) is 9.47 Å². The van der Waals surface area contributed by atoms with Crippen molar-refractivity contribution < 1.29 is 9.47 Å². The molecule has 5 nitrogen and oxygen atoms in total. The molecule has 2 N–H and O–H groups in total. The van der Waals surface area contributed by atoms with E-state index in [1.807, 2.05) is 24.3 Å². The van der Waals surface area contributed by atoms with Gasteiger partial charge in [0.2, 0.25) is 0 Å². The van der Waals surface area contributed by atoms with Crippen LogP contribution in [0.5, 0.6) is 5.75 Å². The van der Waals surface area contributed by atoms with Crippen molar-refractivity contribution in [3.8, 4) is 5.75 Å². The fourth-order valence-corrected chi connectivity index (χ4v) is 2.47. The van der Waals surface area contributed by atoms with Crippen molar-refractivity contribution >= 4 is 5.96 Å². The maximum absolute atomic E-state index is 5.71. The van der Waals surface area contributed by atoms with E-state index in [9.17, 15) is 0 Å². The van der Waals surface area contributed by atoms with Crippen LogP contribution in [0.3, 0.4) is 0 Å². The molecule has 0 aromatic heterocycles. The third-order valence-electron chi connectivity index (χ3n) is 3.65. The normalized spacial score (nSPS) is 15.0. The molecule has 1 aromatic carbocycles. The van der Waals surface area contributed by atoms with E-state index in [-0.39, 0.29) is 0 Å². The van der Waals surface area contributed by atoms with Crippen molar-refractivity contribution in [3.63, 3.8) is 0 Å². The fourth-order valence-electron chi connectivity index (χ4n) is 2.47. The summed E-state index contributed by atoms with van der Waals surface area (Å²) < 4.78 is 11.0. The van der Waals surface area contributed by atoms with E-state index >= 15 is 0 Å². The molecule has 0 amide bonds. The summed E-state index contributed by atoms with van der Waals surface area (Å²) in [6, 6.07) is 8.36. The molecule has 0 saturated carbocycles. The molecule has 0 aliphatic heterocycles. The van der Waals surface area contributed by atoms with Gasteiger partial charge in [0.1, 0.15) is 5.75 Å². The van der Waals surface area contributed by atoms with E-state index < -0.39 is 0 Å². The lowest BCUT2D eigenvalue weighted by atomic mass is 10.2. The largest absolute Gasteiger partial charge is 0.496 e. The molecule has 1 aliphatic rings. The first kappa shape index (κ1) is 17.3. The van der Waals surface area contributed by atoms with Crippen molar-refractivity contribution in [2.45, 2.75) is 32.4 Å². The van der Waals surface area contributed by atoms with E-state index in [1.165, 1.54) is 0 Å². The van der Waals surface area contributed by atoms with Gasteiger partial charge in [0, 0.05) is 18.2 Å². The Morgan fingerprint density at radius 2 is 2.04 bits per heavy atom. The number of methoxy groups -OCH3 is 1. The molecule has 2 rings (SSSR count). The molecule has 23 heavy (non-hydrogen) atoms. The molecular weight excluding hydrogens is 290 g/mol. The number of nitrogens with one attached hydrogen (secondary N) is 2. The lowest BCUT2D eigenvalue weighted by Crippen LogP contribution is -2.42. The molecule has 0 radical (unpaired) electrons. The Kier molecular flexibility index (Phi) is 7.46. The van der Waals surface area contributed by atoms with Gasteiger partial charge in [-0.1, -0.05) is 30.4 Å². The summed E-state index contributed by atoms with van der Waals surface area (Å²) >= 11 is 0. The molecule has 0 spiro atoms. The van der Waals surface area contributed by atoms with Crippen LogP contribution in [0.2, 0.25) is 0 Å². The van der Waals surface area contributed by atoms with Gasteiger partial charge in [0.05, 0.1) is 26.9 Å². The Hall–Kier alpha value is -2.01. The van der Waals surface area contributed by atoms with Crippen LogP contribution in [-0.4, -0.2) is 38.8 Å². The Labute approximate surface area is 138 Å². The van der Waals surface area contributed by atoms with Gasteiger partial charge in [0.15, 0.2) is 5.96 Å². The number of para-hydroxylation sites is 1. The molecule has 126 valence electrons. The number of hydrogen-bond acceptors (Lipinski definition) is 3. The average molecular weight is 317 g/mol. The van der Waals surface area contributed by atoms with Gasteiger partial charge >= 0.3 is 0 Å². The third kappa shape index (κ3) is 5.94. The monoisotopic (exact) mass is 317 g/mol. The Morgan fingerprint density at radius 1 is 1.26 bits per heavy atom. The van der Waals surface area contributed by atoms with Crippen LogP contribution in [0.25, 0.3) is 0 Å². The summed E-state index contributed by atoms with van der Waals surface area (Å²) in [6.07, 6.45) is 6.54. The molecular formula is C18H27N3O2. The zero-order valence-electron chi connectivity index (χ0n) is 14.0. The molecule has 5 heteroatoms. The summed E-state index contributed by atoms with van der Waals surface area (Å²) in [4.78, 5) is 4.56. The van der Waals surface area contributed by atoms with Crippen molar-refractivity contribution in [1.29, 1.82) is 0 Å². The number of nitrogens with zero attached hydrogens (tertiary/aromatic N) is 1. The molecule has 0 fully saturated rings. The van der Waals surface area contributed by atoms with Gasteiger partial charge in [-0.3, -0.25) is 4.99 Å². The first-order valence-electron chi connectivity index (χ1n) is 8.23. The van der Waals surface area contributed by atoms with Gasteiger partial charge in [-0.15, -0.1) is 0 Å². The quantitative estimate of drug-likeness (QED) is 0.335. The maximum Gasteiger partial charge on any atom is 0.191 e. The minimum Gasteiger partial charge on any atom is -0.496 e. The van der Waals surface area contributed by atoms with Gasteiger partial charge in [-0.2, -0.15) is 0 Å². The minimum atomic E-state index is 0.460. The fraction of sp³-hybridized carbons (Fsp3) is 0.500. The highest BCUT2D eigenvalue weighted by Crippen LogP contribution is 2.17. The molecule has 0 bridgehead atoms. The van der Waals surface area contributed by atoms with Crippen molar-refractivity contribution in [2.24, 2.45) is 4.99 Å². The van der Waals surface area contributed by atoms with Crippen LogP contribution in [0, 0.1) is 0 Å². The van der Waals surface area contributed by atoms with Gasteiger partial charge in [0.25, 0.3) is 0 Å². The molecule has 1 aliphatic carbocycles. The van der Waals surface area contributed by atoms with E-state index in [0.29, 0.717) is 25.8 Å². The third-order valence-corrected chi connectivity index (χ3v) is 3.65. The second-order valence-corrected chi connectivity index (χ2v) is 5.41. The molecule has 1 aromatic rings. The topological polar surface area (TPSA) is 54.9 Å². The summed E-state index contributed by atoms with van der Waals surface area (Å²) in [6.45, 7) is 4.68. The maximum atomic E-state index is 5.71. The lowest BCUT2D eigenvalue weighted by Gasteiger charge is -2.16. The zero-order valence-corrected chi connectivity index (χ0v) is 14.0.